The first-order chi connectivity index (χ1) is 10.5. The summed E-state index contributed by atoms with van der Waals surface area (Å²) in [6.07, 6.45) is 13.6. The Morgan fingerprint density at radius 2 is 1.32 bits per heavy atom. The number of nitrogens with zero attached hydrogens (tertiary/aromatic N) is 3. The fourth-order valence-electron chi connectivity index (χ4n) is 2.83. The number of unbranched alkanes of at least 4 members (excludes halogenated alkanes) is 8. The Morgan fingerprint density at radius 1 is 0.818 bits per heavy atom. The third kappa shape index (κ3) is 12.1. The second-order valence-corrected chi connectivity index (χ2v) is 10.3. The monoisotopic (exact) mass is 327 g/mol. The van der Waals surface area contributed by atoms with Crippen LogP contribution in [0.2, 0.25) is 13.1 Å². The van der Waals surface area contributed by atoms with E-state index in [9.17, 15) is 0 Å². The zero-order valence-corrected chi connectivity index (χ0v) is 17.4. The molecule has 0 aromatic carbocycles. The summed E-state index contributed by atoms with van der Waals surface area (Å²) in [7, 11) is 5.82. The van der Waals surface area contributed by atoms with E-state index in [1.54, 1.807) is 0 Å². The van der Waals surface area contributed by atoms with Crippen LogP contribution in [0.3, 0.4) is 0 Å². The van der Waals surface area contributed by atoms with E-state index in [-0.39, 0.29) is 0 Å². The van der Waals surface area contributed by atoms with Crippen LogP contribution in [0.25, 0.3) is 0 Å². The van der Waals surface area contributed by atoms with Crippen molar-refractivity contribution in [2.75, 3.05) is 33.9 Å². The third-order valence-corrected chi connectivity index (χ3v) is 5.17. The van der Waals surface area contributed by atoms with Crippen LogP contribution in [0.4, 0.5) is 0 Å². The summed E-state index contributed by atoms with van der Waals surface area (Å²) in [5.41, 5.74) is 0. The lowest BCUT2D eigenvalue weighted by molar-refractivity contribution is 0.461. The maximum Gasteiger partial charge on any atom is 0.195 e. The van der Waals surface area contributed by atoms with Crippen molar-refractivity contribution in [1.29, 1.82) is 0 Å². The van der Waals surface area contributed by atoms with Crippen LogP contribution in [0, 0.1) is 0 Å². The number of guanidine groups is 1. The molecule has 0 saturated carbocycles. The van der Waals surface area contributed by atoms with E-state index < -0.39 is 8.80 Å². The highest BCUT2D eigenvalue weighted by atomic mass is 28.3. The lowest BCUT2D eigenvalue weighted by Crippen LogP contribution is -2.42. The molecule has 0 rings (SSSR count). The van der Waals surface area contributed by atoms with Crippen molar-refractivity contribution in [2.24, 2.45) is 4.99 Å². The highest BCUT2D eigenvalue weighted by molar-refractivity contribution is 6.56. The highest BCUT2D eigenvalue weighted by Crippen LogP contribution is 2.09. The molecule has 0 spiro atoms. The zero-order valence-electron chi connectivity index (χ0n) is 16.2. The van der Waals surface area contributed by atoms with Crippen LogP contribution in [-0.2, 0) is 0 Å². The molecule has 0 N–H and O–H groups in total. The lowest BCUT2D eigenvalue weighted by atomic mass is 10.1. The van der Waals surface area contributed by atoms with Gasteiger partial charge in [0.25, 0.3) is 0 Å². The van der Waals surface area contributed by atoms with Crippen LogP contribution >= 0.6 is 0 Å². The standard InChI is InChI=1S/C18H41N3Si/c1-7-8-9-10-11-12-13-14-15-16-19-18(20(2)3)21(4)17-22(5)6/h22H,7-17H2,1-6H3. The summed E-state index contributed by atoms with van der Waals surface area (Å²) in [5.74, 6) is 1.15. The Kier molecular flexibility index (Phi) is 13.8. The highest BCUT2D eigenvalue weighted by Gasteiger charge is 2.10. The summed E-state index contributed by atoms with van der Waals surface area (Å²) in [5, 5.41) is 0. The molecule has 0 atom stereocenters. The average molecular weight is 328 g/mol. The Labute approximate surface area is 141 Å². The molecular weight excluding hydrogens is 286 g/mol. The first-order valence-corrected chi connectivity index (χ1v) is 12.5. The molecule has 0 aliphatic carbocycles. The van der Waals surface area contributed by atoms with Crippen LogP contribution in [0.1, 0.15) is 64.7 Å². The molecular formula is C18H41N3Si. The molecule has 0 bridgehead atoms. The van der Waals surface area contributed by atoms with Crippen LogP contribution in [0.15, 0.2) is 4.99 Å². The van der Waals surface area contributed by atoms with Gasteiger partial charge in [0.2, 0.25) is 0 Å². The number of hydrogen-bond donors (Lipinski definition) is 0. The summed E-state index contributed by atoms with van der Waals surface area (Å²) >= 11 is 0. The van der Waals surface area contributed by atoms with Gasteiger partial charge in [-0.25, -0.2) is 0 Å². The topological polar surface area (TPSA) is 18.8 Å². The molecule has 0 radical (unpaired) electrons. The summed E-state index contributed by atoms with van der Waals surface area (Å²) in [6.45, 7) is 8.05. The van der Waals surface area contributed by atoms with Gasteiger partial charge in [-0.2, -0.15) is 0 Å². The van der Waals surface area contributed by atoms with Gasteiger partial charge < -0.3 is 9.80 Å². The number of rotatable bonds is 12. The number of hydrogen-bond acceptors (Lipinski definition) is 1. The molecule has 22 heavy (non-hydrogen) atoms. The molecule has 0 heterocycles. The Bertz CT molecular complexity index is 278. The quantitative estimate of drug-likeness (QED) is 0.229. The first kappa shape index (κ1) is 21.5. The van der Waals surface area contributed by atoms with Crippen molar-refractivity contribution in [1.82, 2.24) is 9.80 Å². The largest absolute Gasteiger partial charge is 0.349 e. The van der Waals surface area contributed by atoms with E-state index in [1.165, 1.54) is 64.0 Å². The second-order valence-electron chi connectivity index (χ2n) is 7.18. The van der Waals surface area contributed by atoms with Gasteiger partial charge in [-0.05, 0) is 6.42 Å². The van der Waals surface area contributed by atoms with Crippen LogP contribution in [0.5, 0.6) is 0 Å². The molecule has 0 amide bonds. The van der Waals surface area contributed by atoms with E-state index in [0.29, 0.717) is 0 Å². The molecule has 4 heteroatoms. The van der Waals surface area contributed by atoms with E-state index >= 15 is 0 Å². The van der Waals surface area contributed by atoms with Gasteiger partial charge >= 0.3 is 0 Å². The second kappa shape index (κ2) is 14.1. The van der Waals surface area contributed by atoms with Crippen molar-refractivity contribution in [3.8, 4) is 0 Å². The first-order valence-electron chi connectivity index (χ1n) is 9.41. The van der Waals surface area contributed by atoms with Crippen molar-refractivity contribution in [2.45, 2.75) is 77.8 Å². The van der Waals surface area contributed by atoms with Crippen molar-refractivity contribution in [3.63, 3.8) is 0 Å². The van der Waals surface area contributed by atoms with E-state index in [4.69, 9.17) is 4.99 Å². The van der Waals surface area contributed by atoms with Crippen LogP contribution in [-0.4, -0.2) is 58.4 Å². The molecule has 132 valence electrons. The fraction of sp³-hybridized carbons (Fsp3) is 0.944. The maximum atomic E-state index is 4.83. The SMILES string of the molecule is CCCCCCCCCCCN=C(N(C)C)N(C)C[SiH](C)C. The predicted molar refractivity (Wildman–Crippen MR) is 105 cm³/mol. The number of aliphatic imine (C=N–C) groups is 1. The summed E-state index contributed by atoms with van der Waals surface area (Å²) < 4.78 is 0. The minimum absolute atomic E-state index is 0.576. The minimum atomic E-state index is -0.576. The Balaban J connectivity index is 3.78. The van der Waals surface area contributed by atoms with Crippen molar-refractivity contribution >= 4 is 14.8 Å². The molecule has 0 aliphatic rings. The summed E-state index contributed by atoms with van der Waals surface area (Å²) in [6, 6.07) is 0. The van der Waals surface area contributed by atoms with E-state index in [0.717, 1.165) is 12.5 Å². The fourth-order valence-corrected chi connectivity index (χ4v) is 4.09. The molecule has 3 nitrogen and oxygen atoms in total. The van der Waals surface area contributed by atoms with Gasteiger partial charge in [-0.3, -0.25) is 4.99 Å². The van der Waals surface area contributed by atoms with Gasteiger partial charge in [0.15, 0.2) is 5.96 Å². The van der Waals surface area contributed by atoms with Crippen molar-refractivity contribution < 1.29 is 0 Å². The Hall–Kier alpha value is -0.513. The minimum Gasteiger partial charge on any atom is -0.349 e. The van der Waals surface area contributed by atoms with Gasteiger partial charge in [-0.1, -0.05) is 71.4 Å². The van der Waals surface area contributed by atoms with Gasteiger partial charge in [0, 0.05) is 33.9 Å². The normalized spacial score (nSPS) is 12.0. The smallest absolute Gasteiger partial charge is 0.195 e. The third-order valence-electron chi connectivity index (χ3n) is 3.90. The molecule has 0 saturated heterocycles. The van der Waals surface area contributed by atoms with Crippen molar-refractivity contribution in [3.05, 3.63) is 0 Å². The summed E-state index contributed by atoms with van der Waals surface area (Å²) in [4.78, 5) is 9.32. The van der Waals surface area contributed by atoms with Gasteiger partial charge in [-0.15, -0.1) is 0 Å². The maximum absolute atomic E-state index is 4.83. The van der Waals surface area contributed by atoms with E-state index in [1.807, 2.05) is 0 Å². The molecule has 0 aliphatic heterocycles. The van der Waals surface area contributed by atoms with Gasteiger partial charge in [0.1, 0.15) is 0 Å². The molecule has 0 unspecified atom stereocenters. The Morgan fingerprint density at radius 3 is 1.77 bits per heavy atom. The van der Waals surface area contributed by atoms with Gasteiger partial charge in [0.05, 0.1) is 8.80 Å². The predicted octanol–water partition coefficient (Wildman–Crippen LogP) is 4.39. The van der Waals surface area contributed by atoms with E-state index in [2.05, 4.69) is 51.0 Å². The van der Waals surface area contributed by atoms with Crippen LogP contribution < -0.4 is 0 Å². The lowest BCUT2D eigenvalue weighted by Gasteiger charge is -2.27. The average Bonchev–Trinajstić information content (AvgIpc) is 2.43. The molecule has 0 fully saturated rings. The zero-order chi connectivity index (χ0) is 16.8. The molecule has 0 aromatic heterocycles. The molecule has 0 aromatic rings.